The van der Waals surface area contributed by atoms with Gasteiger partial charge in [0.1, 0.15) is 57.1 Å². The molecule has 57 heavy (non-hydrogen) atoms. The molecular weight excluding hydrogens is 826 g/mol. The highest BCUT2D eigenvalue weighted by atomic mass is 35.5. The van der Waals surface area contributed by atoms with Crippen molar-refractivity contribution in [1.29, 1.82) is 5.26 Å². The van der Waals surface area contributed by atoms with E-state index in [1.54, 1.807) is 41.1 Å². The summed E-state index contributed by atoms with van der Waals surface area (Å²) in [5, 5.41) is 18.6. The highest BCUT2D eigenvalue weighted by Gasteiger charge is 2.27. The van der Waals surface area contributed by atoms with E-state index in [0.29, 0.717) is 43.4 Å². The van der Waals surface area contributed by atoms with Gasteiger partial charge in [0, 0.05) is 37.3 Å². The van der Waals surface area contributed by atoms with Gasteiger partial charge in [0.05, 0.1) is 20.6 Å². The molecule has 0 saturated carbocycles. The van der Waals surface area contributed by atoms with Crippen LogP contribution in [0.1, 0.15) is 25.7 Å². The van der Waals surface area contributed by atoms with E-state index in [0.717, 1.165) is 31.7 Å². The Morgan fingerprint density at radius 3 is 1.70 bits per heavy atom. The zero-order valence-electron chi connectivity index (χ0n) is 29.8. The normalized spacial score (nSPS) is 13.1. The first-order valence-corrected chi connectivity index (χ1v) is 19.2. The number of aromatic nitrogens is 4. The Morgan fingerprint density at radius 1 is 0.632 bits per heavy atom. The number of hydrogen-bond donors (Lipinski definition) is 1. The van der Waals surface area contributed by atoms with Crippen LogP contribution in [-0.2, 0) is 26.2 Å². The van der Waals surface area contributed by atoms with Gasteiger partial charge in [0.15, 0.2) is 6.61 Å². The summed E-state index contributed by atoms with van der Waals surface area (Å²) in [4.78, 5) is 25.6. The van der Waals surface area contributed by atoms with Crippen LogP contribution < -0.4 is 25.3 Å². The Bertz CT molecular complexity index is 2630. The van der Waals surface area contributed by atoms with Gasteiger partial charge in [-0.15, -0.1) is 0 Å². The van der Waals surface area contributed by atoms with Crippen molar-refractivity contribution in [2.24, 2.45) is 0 Å². The first-order chi connectivity index (χ1) is 27.4. The summed E-state index contributed by atoms with van der Waals surface area (Å²) in [6.45, 7) is 2.00. The number of benzene rings is 4. The van der Waals surface area contributed by atoms with Gasteiger partial charge in [-0.25, -0.2) is 13.8 Å². The van der Waals surface area contributed by atoms with Crippen LogP contribution in [0.5, 0.6) is 34.5 Å². The number of halogens is 6. The lowest BCUT2D eigenvalue weighted by atomic mass is 10.1. The van der Waals surface area contributed by atoms with Crippen LogP contribution in [0.2, 0.25) is 20.2 Å². The molecule has 2 aliphatic heterocycles. The summed E-state index contributed by atoms with van der Waals surface area (Å²) in [7, 11) is 0. The van der Waals surface area contributed by atoms with Crippen molar-refractivity contribution in [3.8, 4) is 62.8 Å². The number of fused-ring (bicyclic) bond motifs is 2. The molecule has 0 atom stereocenters. The molecule has 0 radical (unpaired) electrons. The molecule has 1 N–H and O–H groups in total. The molecule has 8 rings (SSSR count). The van der Waals surface area contributed by atoms with Crippen molar-refractivity contribution in [3.05, 3.63) is 125 Å². The van der Waals surface area contributed by atoms with Gasteiger partial charge in [0.2, 0.25) is 5.95 Å². The Labute approximate surface area is 343 Å². The fourth-order valence-electron chi connectivity index (χ4n) is 6.59. The Balaban J connectivity index is 0.000000175. The fourth-order valence-corrected chi connectivity index (χ4v) is 7.65. The average Bonchev–Trinajstić information content (AvgIpc) is 3.61. The standard InChI is InChI=1S/C21H16Cl2FN3O3.C19H15Cl2FN2O3/c22-16-12-17(23)18(30-14-5-3-13(4-6-14)29-10-7-25)11-15(16)19-20(24)26-8-1-2-9-27(26)21(19)28;20-14-10-15(22)13(9-16(14)27-12-5-3-11(25)4-6-12)17-18(21)23-7-1-2-8-24(23)19(17)26/h3-6,11-12H,1-2,8-10H2;3-6,9-10,25H,1-2,7-8H2. The molecule has 2 aliphatic rings. The topological polar surface area (TPSA) is 126 Å². The molecule has 294 valence electrons. The predicted octanol–water partition coefficient (Wildman–Crippen LogP) is 10.3. The van der Waals surface area contributed by atoms with Gasteiger partial charge in [-0.2, -0.15) is 9.65 Å². The zero-order chi connectivity index (χ0) is 40.4. The highest BCUT2D eigenvalue weighted by Crippen LogP contribution is 2.40. The molecule has 4 aromatic carbocycles. The van der Waals surface area contributed by atoms with Crippen LogP contribution >= 0.6 is 46.4 Å². The van der Waals surface area contributed by atoms with Gasteiger partial charge in [-0.3, -0.25) is 19.0 Å². The van der Waals surface area contributed by atoms with E-state index in [1.807, 2.05) is 6.07 Å². The molecule has 11 nitrogen and oxygen atoms in total. The number of hydrogen-bond acceptors (Lipinski definition) is 7. The molecule has 0 saturated heterocycles. The molecular formula is C40H31Cl4F2N5O6. The maximum absolute atomic E-state index is 15.0. The minimum atomic E-state index is -0.652. The molecule has 0 fully saturated rings. The second kappa shape index (κ2) is 17.0. The second-order valence-electron chi connectivity index (χ2n) is 13.0. The molecule has 0 spiro atoms. The molecule has 4 heterocycles. The van der Waals surface area contributed by atoms with Crippen molar-refractivity contribution in [2.45, 2.75) is 51.9 Å². The summed E-state index contributed by atoms with van der Waals surface area (Å²) < 4.78 is 52.3. The SMILES string of the molecule is N#CCOc1ccc(Oc2cc(-c3c(F)n4n(c3=O)CCCC4)c(Cl)cc2Cl)cc1.O=c1c(-c2cc(Oc3ccc(O)cc3)c(Cl)cc2F)c(Cl)n2n1CCCC2. The van der Waals surface area contributed by atoms with E-state index in [4.69, 9.17) is 65.9 Å². The van der Waals surface area contributed by atoms with Crippen molar-refractivity contribution >= 4 is 46.4 Å². The molecule has 0 bridgehead atoms. The van der Waals surface area contributed by atoms with Crippen LogP contribution in [0.3, 0.4) is 0 Å². The number of nitrogens with zero attached hydrogens (tertiary/aromatic N) is 5. The lowest BCUT2D eigenvalue weighted by Crippen LogP contribution is -2.27. The fraction of sp³-hybridized carbons (Fsp3) is 0.225. The van der Waals surface area contributed by atoms with Gasteiger partial charge in [-0.1, -0.05) is 46.4 Å². The van der Waals surface area contributed by atoms with Crippen LogP contribution in [0.25, 0.3) is 22.3 Å². The van der Waals surface area contributed by atoms with E-state index in [1.165, 1.54) is 44.4 Å². The Hall–Kier alpha value is -5.39. The summed E-state index contributed by atoms with van der Waals surface area (Å²) in [5.41, 5.74) is -0.496. The van der Waals surface area contributed by atoms with Gasteiger partial charge in [-0.05, 0) is 98.5 Å². The van der Waals surface area contributed by atoms with Gasteiger partial charge < -0.3 is 19.3 Å². The Kier molecular flexibility index (Phi) is 11.9. The molecule has 2 aromatic heterocycles. The quantitative estimate of drug-likeness (QED) is 0.162. The molecule has 6 aromatic rings. The van der Waals surface area contributed by atoms with Crippen LogP contribution in [0.15, 0.2) is 82.4 Å². The van der Waals surface area contributed by atoms with Crippen molar-refractivity contribution in [1.82, 2.24) is 18.7 Å². The molecule has 0 unspecified atom stereocenters. The Morgan fingerprint density at radius 2 is 1.12 bits per heavy atom. The number of aromatic hydroxyl groups is 1. The lowest BCUT2D eigenvalue weighted by Gasteiger charge is -2.17. The smallest absolute Gasteiger partial charge is 0.277 e. The van der Waals surface area contributed by atoms with E-state index in [2.05, 4.69) is 0 Å². The summed E-state index contributed by atoms with van der Waals surface area (Å²) in [5.74, 6) is 0.607. The van der Waals surface area contributed by atoms with Crippen LogP contribution in [0.4, 0.5) is 8.78 Å². The highest BCUT2D eigenvalue weighted by molar-refractivity contribution is 6.37. The van der Waals surface area contributed by atoms with Gasteiger partial charge in [0.25, 0.3) is 11.1 Å². The summed E-state index contributed by atoms with van der Waals surface area (Å²) >= 11 is 25.1. The number of ether oxygens (including phenoxy) is 3. The van der Waals surface area contributed by atoms with Gasteiger partial charge >= 0.3 is 0 Å². The van der Waals surface area contributed by atoms with E-state index in [-0.39, 0.29) is 71.9 Å². The molecule has 0 amide bonds. The second-order valence-corrected chi connectivity index (χ2v) is 14.6. The minimum Gasteiger partial charge on any atom is -0.508 e. The molecule has 0 aliphatic carbocycles. The number of phenolic OH excluding ortho intramolecular Hbond substituents is 1. The monoisotopic (exact) mass is 855 g/mol. The van der Waals surface area contributed by atoms with Crippen molar-refractivity contribution in [2.75, 3.05) is 6.61 Å². The largest absolute Gasteiger partial charge is 0.508 e. The molecule has 17 heteroatoms. The zero-order valence-corrected chi connectivity index (χ0v) is 32.8. The first kappa shape index (κ1) is 39.8. The van der Waals surface area contributed by atoms with E-state index in [9.17, 15) is 19.1 Å². The van der Waals surface area contributed by atoms with E-state index >= 15 is 4.39 Å². The van der Waals surface area contributed by atoms with E-state index < -0.39 is 17.3 Å². The average molecular weight is 858 g/mol. The summed E-state index contributed by atoms with van der Waals surface area (Å²) in [6.07, 6.45) is 3.41. The number of nitriles is 1. The van der Waals surface area contributed by atoms with Crippen molar-refractivity contribution < 1.29 is 28.1 Å². The number of rotatable bonds is 8. The van der Waals surface area contributed by atoms with Crippen LogP contribution in [0, 0.1) is 23.1 Å². The third kappa shape index (κ3) is 8.22. The third-order valence-electron chi connectivity index (χ3n) is 9.33. The number of phenols is 1. The third-order valence-corrected chi connectivity index (χ3v) is 10.6. The summed E-state index contributed by atoms with van der Waals surface area (Å²) in [6, 6.07) is 19.8. The van der Waals surface area contributed by atoms with Crippen LogP contribution in [-0.4, -0.2) is 30.4 Å². The lowest BCUT2D eigenvalue weighted by molar-refractivity contribution is 0.310. The predicted molar refractivity (Wildman–Crippen MR) is 212 cm³/mol. The minimum absolute atomic E-state index is 0.0394. The maximum Gasteiger partial charge on any atom is 0.277 e. The maximum atomic E-state index is 15.0. The first-order valence-electron chi connectivity index (χ1n) is 17.7. The van der Waals surface area contributed by atoms with Crippen molar-refractivity contribution in [3.63, 3.8) is 0 Å².